The Kier molecular flexibility index (Phi) is 9.11. The summed E-state index contributed by atoms with van der Waals surface area (Å²) >= 11 is 6.04. The van der Waals surface area contributed by atoms with Gasteiger partial charge in [-0.1, -0.05) is 55.3 Å². The van der Waals surface area contributed by atoms with Gasteiger partial charge in [-0.25, -0.2) is 4.68 Å². The number of hydrogen-bond donors (Lipinski definition) is 1. The molecule has 6 nitrogen and oxygen atoms in total. The summed E-state index contributed by atoms with van der Waals surface area (Å²) < 4.78 is 13.4. The molecule has 0 aliphatic carbocycles. The third-order valence-corrected chi connectivity index (χ3v) is 5.50. The molecule has 7 heteroatoms. The summed E-state index contributed by atoms with van der Waals surface area (Å²) in [6, 6.07) is 17.4. The van der Waals surface area contributed by atoms with E-state index in [9.17, 15) is 5.11 Å². The van der Waals surface area contributed by atoms with Crippen LogP contribution >= 0.6 is 11.6 Å². The molecule has 0 saturated carbocycles. The minimum atomic E-state index is -0.394. The van der Waals surface area contributed by atoms with Gasteiger partial charge < -0.3 is 14.6 Å². The number of ether oxygens (including phenoxy) is 2. The van der Waals surface area contributed by atoms with Crippen molar-refractivity contribution in [2.75, 3.05) is 26.8 Å². The van der Waals surface area contributed by atoms with E-state index in [4.69, 9.17) is 26.2 Å². The Morgan fingerprint density at radius 1 is 1.12 bits per heavy atom. The molecule has 0 aliphatic rings. The minimum Gasteiger partial charge on any atom is -0.439 e. The Morgan fingerprint density at radius 3 is 2.50 bits per heavy atom. The number of rotatable bonds is 12. The number of aryl methyl sites for hydroxylation is 1. The molecular formula is C25H32ClN3O3. The van der Waals surface area contributed by atoms with Crippen LogP contribution in [-0.4, -0.2) is 52.7 Å². The van der Waals surface area contributed by atoms with Gasteiger partial charge in [-0.15, -0.1) is 0 Å². The molecule has 172 valence electrons. The van der Waals surface area contributed by atoms with Crippen LogP contribution in [0.25, 0.3) is 11.3 Å². The van der Waals surface area contributed by atoms with Gasteiger partial charge in [-0.2, -0.15) is 5.10 Å². The number of aliphatic hydroxyl groups is 1. The van der Waals surface area contributed by atoms with Crippen LogP contribution in [0.3, 0.4) is 0 Å². The fourth-order valence-corrected chi connectivity index (χ4v) is 3.79. The van der Waals surface area contributed by atoms with Gasteiger partial charge in [0.15, 0.2) is 0 Å². The summed E-state index contributed by atoms with van der Waals surface area (Å²) in [5.74, 6) is 1.35. The molecule has 0 spiro atoms. The van der Waals surface area contributed by atoms with Gasteiger partial charge in [0.2, 0.25) is 5.88 Å². The maximum atomic E-state index is 10.5. The van der Waals surface area contributed by atoms with E-state index >= 15 is 0 Å². The zero-order chi connectivity index (χ0) is 22.9. The van der Waals surface area contributed by atoms with E-state index in [1.165, 1.54) is 0 Å². The first-order valence-corrected chi connectivity index (χ1v) is 11.3. The molecule has 3 rings (SSSR count). The first-order chi connectivity index (χ1) is 15.5. The summed E-state index contributed by atoms with van der Waals surface area (Å²) in [6.07, 6.45) is 1.30. The highest BCUT2D eigenvalue weighted by atomic mass is 35.5. The van der Waals surface area contributed by atoms with Crippen molar-refractivity contribution in [3.63, 3.8) is 0 Å². The van der Waals surface area contributed by atoms with Crippen LogP contribution in [0.15, 0.2) is 54.6 Å². The molecule has 1 unspecified atom stereocenters. The normalized spacial score (nSPS) is 12.3. The van der Waals surface area contributed by atoms with E-state index in [0.29, 0.717) is 42.9 Å². The second-order valence-electron chi connectivity index (χ2n) is 7.85. The van der Waals surface area contributed by atoms with Crippen LogP contribution < -0.4 is 4.74 Å². The average Bonchev–Trinajstić information content (AvgIpc) is 3.09. The highest BCUT2D eigenvalue weighted by molar-refractivity contribution is 6.30. The van der Waals surface area contributed by atoms with Crippen molar-refractivity contribution in [2.45, 2.75) is 32.4 Å². The zero-order valence-electron chi connectivity index (χ0n) is 19.0. The average molecular weight is 458 g/mol. The van der Waals surface area contributed by atoms with Crippen molar-refractivity contribution in [1.82, 2.24) is 14.7 Å². The molecule has 0 bridgehead atoms. The quantitative estimate of drug-likeness (QED) is 0.408. The lowest BCUT2D eigenvalue weighted by molar-refractivity contribution is 0.0797. The molecule has 0 amide bonds. The number of benzene rings is 2. The summed E-state index contributed by atoms with van der Waals surface area (Å²) in [4.78, 5) is 2.20. The second kappa shape index (κ2) is 12.0. The van der Waals surface area contributed by atoms with Gasteiger partial charge in [0.05, 0.1) is 18.3 Å². The van der Waals surface area contributed by atoms with Crippen molar-refractivity contribution in [3.8, 4) is 22.9 Å². The monoisotopic (exact) mass is 457 g/mol. The molecule has 1 N–H and O–H groups in total. The standard InChI is InChI=1S/C25H32ClN3O3/c1-4-8-21(30)17-29(15-16-31-3)18-23-24(19-9-6-5-7-10-19)27-28(2)25(23)32-22-13-11-20(26)12-14-22/h5-7,9-14,21,30H,4,8,15-18H2,1-3H3. The van der Waals surface area contributed by atoms with Crippen molar-refractivity contribution in [2.24, 2.45) is 7.05 Å². The third-order valence-electron chi connectivity index (χ3n) is 5.25. The molecule has 32 heavy (non-hydrogen) atoms. The van der Waals surface area contributed by atoms with Crippen molar-refractivity contribution in [1.29, 1.82) is 0 Å². The second-order valence-corrected chi connectivity index (χ2v) is 8.28. The topological polar surface area (TPSA) is 59.8 Å². The molecule has 1 aromatic heterocycles. The number of aliphatic hydroxyl groups excluding tert-OH is 1. The summed E-state index contributed by atoms with van der Waals surface area (Å²) in [5.41, 5.74) is 2.85. The first kappa shape index (κ1) is 24.3. The summed E-state index contributed by atoms with van der Waals surface area (Å²) in [7, 11) is 3.57. The molecule has 1 atom stereocenters. The molecule has 0 aliphatic heterocycles. The van der Waals surface area contributed by atoms with Crippen LogP contribution in [0.5, 0.6) is 11.6 Å². The van der Waals surface area contributed by atoms with Gasteiger partial charge in [-0.3, -0.25) is 4.90 Å². The maximum Gasteiger partial charge on any atom is 0.222 e. The van der Waals surface area contributed by atoms with Gasteiger partial charge in [-0.05, 0) is 30.7 Å². The lowest BCUT2D eigenvalue weighted by Crippen LogP contribution is -2.34. The van der Waals surface area contributed by atoms with Crippen LogP contribution in [0.4, 0.5) is 0 Å². The Morgan fingerprint density at radius 2 is 1.84 bits per heavy atom. The molecular weight excluding hydrogens is 426 g/mol. The predicted octanol–water partition coefficient (Wildman–Crippen LogP) is 5.14. The third kappa shape index (κ3) is 6.56. The SMILES string of the molecule is CCCC(O)CN(CCOC)Cc1c(-c2ccccc2)nn(C)c1Oc1ccc(Cl)cc1. The van der Waals surface area contributed by atoms with E-state index in [1.54, 1.807) is 23.9 Å². The van der Waals surface area contributed by atoms with Crippen LogP contribution in [0, 0.1) is 0 Å². The van der Waals surface area contributed by atoms with Crippen LogP contribution in [0.1, 0.15) is 25.3 Å². The maximum absolute atomic E-state index is 10.5. The lowest BCUT2D eigenvalue weighted by Gasteiger charge is -2.25. The van der Waals surface area contributed by atoms with Crippen LogP contribution in [-0.2, 0) is 18.3 Å². The molecule has 3 aromatic rings. The number of aromatic nitrogens is 2. The summed E-state index contributed by atoms with van der Waals surface area (Å²) in [6.45, 7) is 4.48. The lowest BCUT2D eigenvalue weighted by atomic mass is 10.1. The molecule has 0 radical (unpaired) electrons. The number of hydrogen-bond acceptors (Lipinski definition) is 5. The van der Waals surface area contributed by atoms with E-state index in [-0.39, 0.29) is 0 Å². The van der Waals surface area contributed by atoms with E-state index in [2.05, 4.69) is 11.8 Å². The highest BCUT2D eigenvalue weighted by Gasteiger charge is 2.23. The van der Waals surface area contributed by atoms with Gasteiger partial charge in [0, 0.05) is 44.4 Å². The van der Waals surface area contributed by atoms with Gasteiger partial charge in [0.1, 0.15) is 11.4 Å². The van der Waals surface area contributed by atoms with Crippen LogP contribution in [0.2, 0.25) is 5.02 Å². The zero-order valence-corrected chi connectivity index (χ0v) is 19.8. The largest absolute Gasteiger partial charge is 0.439 e. The number of halogens is 1. The highest BCUT2D eigenvalue weighted by Crippen LogP contribution is 2.34. The minimum absolute atomic E-state index is 0.394. The number of methoxy groups -OCH3 is 1. The first-order valence-electron chi connectivity index (χ1n) is 11.0. The molecule has 2 aromatic carbocycles. The van der Waals surface area contributed by atoms with Crippen molar-refractivity contribution in [3.05, 3.63) is 65.2 Å². The molecule has 1 heterocycles. The molecule has 0 saturated heterocycles. The summed E-state index contributed by atoms with van der Waals surface area (Å²) in [5, 5.41) is 15.9. The fraction of sp³-hybridized carbons (Fsp3) is 0.400. The fourth-order valence-electron chi connectivity index (χ4n) is 3.67. The van der Waals surface area contributed by atoms with Crippen molar-refractivity contribution >= 4 is 11.6 Å². The Balaban J connectivity index is 1.98. The smallest absolute Gasteiger partial charge is 0.222 e. The van der Waals surface area contributed by atoms with E-state index in [1.807, 2.05) is 49.5 Å². The Hall–Kier alpha value is -2.38. The Bertz CT molecular complexity index is 961. The predicted molar refractivity (Wildman–Crippen MR) is 128 cm³/mol. The van der Waals surface area contributed by atoms with Gasteiger partial charge >= 0.3 is 0 Å². The van der Waals surface area contributed by atoms with Gasteiger partial charge in [0.25, 0.3) is 0 Å². The van der Waals surface area contributed by atoms with Crippen molar-refractivity contribution < 1.29 is 14.6 Å². The van der Waals surface area contributed by atoms with E-state index < -0.39 is 6.10 Å². The molecule has 0 fully saturated rings. The Labute approximate surface area is 195 Å². The number of nitrogens with zero attached hydrogens (tertiary/aromatic N) is 3. The van der Waals surface area contributed by atoms with E-state index in [0.717, 1.165) is 29.7 Å².